The molecule has 0 spiro atoms. The van der Waals surface area contributed by atoms with Gasteiger partial charge < -0.3 is 9.80 Å². The van der Waals surface area contributed by atoms with Gasteiger partial charge in [0.05, 0.1) is 16.2 Å². The summed E-state index contributed by atoms with van der Waals surface area (Å²) < 4.78 is 0. The normalized spacial score (nSPS) is 17.6. The van der Waals surface area contributed by atoms with E-state index in [0.717, 1.165) is 24.2 Å². The third-order valence-electron chi connectivity index (χ3n) is 5.71. The summed E-state index contributed by atoms with van der Waals surface area (Å²) in [6.45, 7) is 6.66. The minimum atomic E-state index is -0.483. The number of amides is 2. The predicted molar refractivity (Wildman–Crippen MR) is 117 cm³/mol. The maximum atomic E-state index is 13.6. The molecule has 1 fully saturated rings. The van der Waals surface area contributed by atoms with Crippen LogP contribution in [0.1, 0.15) is 16.7 Å². The molecule has 4 rings (SSSR count). The van der Waals surface area contributed by atoms with Gasteiger partial charge in [0.1, 0.15) is 5.70 Å². The van der Waals surface area contributed by atoms with E-state index in [9.17, 15) is 19.7 Å². The molecule has 0 radical (unpaired) electrons. The Balaban J connectivity index is 1.82. The van der Waals surface area contributed by atoms with Crippen molar-refractivity contribution in [1.82, 2.24) is 9.80 Å². The summed E-state index contributed by atoms with van der Waals surface area (Å²) in [6.07, 6.45) is 0. The first kappa shape index (κ1) is 20.7. The van der Waals surface area contributed by atoms with Crippen LogP contribution in [0.25, 0.3) is 5.57 Å². The molecule has 2 amide bonds. The number of nitrogens with zero attached hydrogens (tertiary/aromatic N) is 4. The summed E-state index contributed by atoms with van der Waals surface area (Å²) in [6, 6.07) is 11.4. The van der Waals surface area contributed by atoms with Crippen molar-refractivity contribution < 1.29 is 14.5 Å². The van der Waals surface area contributed by atoms with E-state index in [1.54, 1.807) is 12.1 Å². The van der Waals surface area contributed by atoms with E-state index < -0.39 is 10.8 Å². The lowest BCUT2D eigenvalue weighted by atomic mass is 10.0. The van der Waals surface area contributed by atoms with Gasteiger partial charge in [-0.25, -0.2) is 4.90 Å². The number of non-ortho nitro benzene ring substituents is 1. The molecule has 2 aliphatic rings. The third kappa shape index (κ3) is 3.82. The SMILES string of the molecule is Cc1cc(C)cc(N2C(=O)C(c3ccc([N+](=O)[O-])cc3)=C(N3CCN(C)CC3)C2=O)c1. The first-order valence-electron chi connectivity index (χ1n) is 10.2. The van der Waals surface area contributed by atoms with E-state index in [-0.39, 0.29) is 11.6 Å². The third-order valence-corrected chi connectivity index (χ3v) is 5.71. The highest BCUT2D eigenvalue weighted by molar-refractivity contribution is 6.45. The molecule has 160 valence electrons. The fourth-order valence-corrected chi connectivity index (χ4v) is 4.17. The molecule has 2 heterocycles. The number of piperazine rings is 1. The summed E-state index contributed by atoms with van der Waals surface area (Å²) in [5.74, 6) is -0.759. The second-order valence-corrected chi connectivity index (χ2v) is 8.11. The number of nitro groups is 1. The lowest BCUT2D eigenvalue weighted by Crippen LogP contribution is -2.46. The van der Waals surface area contributed by atoms with Gasteiger partial charge in [-0.3, -0.25) is 19.7 Å². The smallest absolute Gasteiger partial charge is 0.282 e. The van der Waals surface area contributed by atoms with Crippen LogP contribution in [0.5, 0.6) is 0 Å². The van der Waals surface area contributed by atoms with Gasteiger partial charge >= 0.3 is 0 Å². The first-order chi connectivity index (χ1) is 14.8. The number of hydrogen-bond donors (Lipinski definition) is 0. The molecule has 1 saturated heterocycles. The average Bonchev–Trinajstić information content (AvgIpc) is 2.98. The summed E-state index contributed by atoms with van der Waals surface area (Å²) in [7, 11) is 2.02. The van der Waals surface area contributed by atoms with Gasteiger partial charge in [-0.15, -0.1) is 0 Å². The zero-order chi connectivity index (χ0) is 22.3. The summed E-state index contributed by atoms with van der Waals surface area (Å²) in [5.41, 5.74) is 3.56. The zero-order valence-corrected chi connectivity index (χ0v) is 17.8. The van der Waals surface area contributed by atoms with Crippen LogP contribution in [0.2, 0.25) is 0 Å². The Hall–Kier alpha value is -3.52. The summed E-state index contributed by atoms with van der Waals surface area (Å²) in [5, 5.41) is 11.0. The molecule has 8 heteroatoms. The number of carbonyl (C=O) groups excluding carboxylic acids is 2. The van der Waals surface area contributed by atoms with Crippen LogP contribution in [-0.4, -0.2) is 59.8 Å². The Labute approximate surface area is 180 Å². The van der Waals surface area contributed by atoms with E-state index >= 15 is 0 Å². The number of imide groups is 1. The minimum absolute atomic E-state index is 0.0616. The number of anilines is 1. The topological polar surface area (TPSA) is 87.0 Å². The average molecular weight is 420 g/mol. The molecule has 0 unspecified atom stereocenters. The van der Waals surface area contributed by atoms with Crippen molar-refractivity contribution in [3.8, 4) is 0 Å². The van der Waals surface area contributed by atoms with Crippen LogP contribution in [0.4, 0.5) is 11.4 Å². The number of benzene rings is 2. The van der Waals surface area contributed by atoms with E-state index in [1.165, 1.54) is 17.0 Å². The fraction of sp³-hybridized carbons (Fsp3) is 0.304. The molecule has 0 N–H and O–H groups in total. The quantitative estimate of drug-likeness (QED) is 0.429. The van der Waals surface area contributed by atoms with Crippen molar-refractivity contribution >= 4 is 28.8 Å². The van der Waals surface area contributed by atoms with Crippen LogP contribution >= 0.6 is 0 Å². The summed E-state index contributed by atoms with van der Waals surface area (Å²) >= 11 is 0. The molecule has 0 aliphatic carbocycles. The van der Waals surface area contributed by atoms with Gasteiger partial charge in [-0.2, -0.15) is 0 Å². The molecule has 0 atom stereocenters. The van der Waals surface area contributed by atoms with Gasteiger partial charge in [0, 0.05) is 38.3 Å². The number of rotatable bonds is 4. The highest BCUT2D eigenvalue weighted by Crippen LogP contribution is 2.36. The molecule has 2 aromatic carbocycles. The number of aryl methyl sites for hydroxylation is 2. The van der Waals surface area contributed by atoms with Crippen molar-refractivity contribution in [3.63, 3.8) is 0 Å². The Bertz CT molecular complexity index is 1080. The van der Waals surface area contributed by atoms with Crippen LogP contribution < -0.4 is 4.90 Å². The predicted octanol–water partition coefficient (Wildman–Crippen LogP) is 2.74. The van der Waals surface area contributed by atoms with Gasteiger partial charge in [0.25, 0.3) is 17.5 Å². The molecular formula is C23H24N4O4. The fourth-order valence-electron chi connectivity index (χ4n) is 4.17. The van der Waals surface area contributed by atoms with Crippen molar-refractivity contribution in [2.24, 2.45) is 0 Å². The lowest BCUT2D eigenvalue weighted by Gasteiger charge is -2.34. The van der Waals surface area contributed by atoms with Crippen LogP contribution in [0.15, 0.2) is 48.2 Å². The maximum Gasteiger partial charge on any atom is 0.282 e. The van der Waals surface area contributed by atoms with E-state index in [4.69, 9.17) is 0 Å². The van der Waals surface area contributed by atoms with Gasteiger partial charge in [-0.05, 0) is 61.9 Å². The van der Waals surface area contributed by atoms with Crippen molar-refractivity contribution in [1.29, 1.82) is 0 Å². The summed E-state index contributed by atoms with van der Waals surface area (Å²) in [4.78, 5) is 43.0. The Kier molecular flexibility index (Phi) is 5.32. The van der Waals surface area contributed by atoms with Crippen molar-refractivity contribution in [2.45, 2.75) is 13.8 Å². The van der Waals surface area contributed by atoms with E-state index in [2.05, 4.69) is 4.90 Å². The second kappa shape index (κ2) is 7.96. The highest BCUT2D eigenvalue weighted by atomic mass is 16.6. The lowest BCUT2D eigenvalue weighted by molar-refractivity contribution is -0.384. The number of carbonyl (C=O) groups is 2. The number of nitro benzene ring substituents is 1. The highest BCUT2D eigenvalue weighted by Gasteiger charge is 2.43. The first-order valence-corrected chi connectivity index (χ1v) is 10.2. The molecule has 2 aromatic rings. The Morgan fingerprint density at radius 1 is 0.871 bits per heavy atom. The van der Waals surface area contributed by atoms with Crippen LogP contribution in [-0.2, 0) is 9.59 Å². The van der Waals surface area contributed by atoms with Gasteiger partial charge in [0.2, 0.25) is 0 Å². The molecule has 8 nitrogen and oxygen atoms in total. The largest absolute Gasteiger partial charge is 0.364 e. The van der Waals surface area contributed by atoms with E-state index in [1.807, 2.05) is 44.0 Å². The zero-order valence-electron chi connectivity index (χ0n) is 17.8. The molecule has 31 heavy (non-hydrogen) atoms. The van der Waals surface area contributed by atoms with Crippen LogP contribution in [0, 0.1) is 24.0 Å². The van der Waals surface area contributed by atoms with Crippen molar-refractivity contribution in [2.75, 3.05) is 38.1 Å². The Morgan fingerprint density at radius 3 is 2.00 bits per heavy atom. The van der Waals surface area contributed by atoms with Gasteiger partial charge in [0.15, 0.2) is 0 Å². The molecular weight excluding hydrogens is 396 g/mol. The van der Waals surface area contributed by atoms with Gasteiger partial charge in [-0.1, -0.05) is 6.07 Å². The number of likely N-dealkylation sites (N-methyl/N-ethyl adjacent to an activating group) is 1. The molecule has 0 bridgehead atoms. The minimum Gasteiger partial charge on any atom is -0.364 e. The molecule has 0 aromatic heterocycles. The molecule has 2 aliphatic heterocycles. The number of hydrogen-bond acceptors (Lipinski definition) is 6. The maximum absolute atomic E-state index is 13.6. The molecule has 0 saturated carbocycles. The van der Waals surface area contributed by atoms with E-state index in [0.29, 0.717) is 35.6 Å². The van der Waals surface area contributed by atoms with Crippen molar-refractivity contribution in [3.05, 3.63) is 75.0 Å². The standard InChI is InChI=1S/C23H24N4O4/c1-15-12-16(2)14-19(13-15)26-22(28)20(17-4-6-18(7-5-17)27(30)31)21(23(26)29)25-10-8-24(3)9-11-25/h4-7,12-14H,8-11H2,1-3H3. The van der Waals surface area contributed by atoms with Crippen LogP contribution in [0.3, 0.4) is 0 Å². The Morgan fingerprint density at radius 2 is 1.45 bits per heavy atom. The monoisotopic (exact) mass is 420 g/mol. The second-order valence-electron chi connectivity index (χ2n) is 8.11.